The van der Waals surface area contributed by atoms with E-state index in [0.29, 0.717) is 0 Å². The zero-order valence-electron chi connectivity index (χ0n) is 11.7. The number of benzene rings is 1. The number of rotatable bonds is 6. The second-order valence-electron chi connectivity index (χ2n) is 4.97. The lowest BCUT2D eigenvalue weighted by Crippen LogP contribution is -2.45. The molecule has 0 aliphatic carbocycles. The number of nitrogens with zero attached hydrogens (tertiary/aromatic N) is 1. The fraction of sp³-hybridized carbons (Fsp3) is 0.571. The van der Waals surface area contributed by atoms with Gasteiger partial charge >= 0.3 is 6.18 Å². The van der Waals surface area contributed by atoms with Crippen LogP contribution in [0.5, 0.6) is 0 Å². The maximum atomic E-state index is 12.7. The molecule has 6 heteroatoms. The molecule has 2 atom stereocenters. The van der Waals surface area contributed by atoms with Crippen molar-refractivity contribution in [3.8, 4) is 0 Å². The first-order valence-corrected chi connectivity index (χ1v) is 6.49. The van der Waals surface area contributed by atoms with Crippen LogP contribution in [0.25, 0.3) is 0 Å². The lowest BCUT2D eigenvalue weighted by molar-refractivity contribution is -0.153. The minimum atomic E-state index is -4.33. The molecule has 0 aliphatic heterocycles. The Morgan fingerprint density at radius 3 is 2.35 bits per heavy atom. The second-order valence-corrected chi connectivity index (χ2v) is 4.97. The SMILES string of the molecule is Cc1ccccc1C(C(C)N)N(CCO)CC(F)(F)F. The van der Waals surface area contributed by atoms with E-state index in [-0.39, 0.29) is 13.2 Å². The molecule has 0 heterocycles. The summed E-state index contributed by atoms with van der Waals surface area (Å²) in [7, 11) is 0. The average molecular weight is 290 g/mol. The summed E-state index contributed by atoms with van der Waals surface area (Å²) in [6.45, 7) is 2.02. The van der Waals surface area contributed by atoms with Crippen LogP contribution in [0.15, 0.2) is 24.3 Å². The minimum Gasteiger partial charge on any atom is -0.395 e. The highest BCUT2D eigenvalue weighted by Crippen LogP contribution is 2.29. The topological polar surface area (TPSA) is 49.5 Å². The Balaban J connectivity index is 3.12. The van der Waals surface area contributed by atoms with Crippen LogP contribution >= 0.6 is 0 Å². The molecule has 1 aromatic rings. The molecule has 1 rings (SSSR count). The summed E-state index contributed by atoms with van der Waals surface area (Å²) in [5, 5.41) is 9.03. The molecule has 20 heavy (non-hydrogen) atoms. The molecule has 0 bridgehead atoms. The van der Waals surface area contributed by atoms with E-state index in [9.17, 15) is 13.2 Å². The summed E-state index contributed by atoms with van der Waals surface area (Å²) in [5.74, 6) is 0. The molecule has 0 aromatic heterocycles. The lowest BCUT2D eigenvalue weighted by atomic mass is 9.95. The van der Waals surface area contributed by atoms with Crippen molar-refractivity contribution in [2.24, 2.45) is 5.73 Å². The van der Waals surface area contributed by atoms with Crippen LogP contribution in [0.1, 0.15) is 24.1 Å². The van der Waals surface area contributed by atoms with Crippen molar-refractivity contribution < 1.29 is 18.3 Å². The molecule has 0 aliphatic rings. The number of aliphatic hydroxyl groups excluding tert-OH is 1. The molecule has 0 fully saturated rings. The van der Waals surface area contributed by atoms with Crippen LogP contribution in [-0.2, 0) is 0 Å². The number of hydrogen-bond acceptors (Lipinski definition) is 3. The number of halogens is 3. The predicted molar refractivity (Wildman–Crippen MR) is 72.3 cm³/mol. The van der Waals surface area contributed by atoms with E-state index >= 15 is 0 Å². The third kappa shape index (κ3) is 4.77. The van der Waals surface area contributed by atoms with Gasteiger partial charge in [-0.05, 0) is 25.0 Å². The van der Waals surface area contributed by atoms with Gasteiger partial charge in [0, 0.05) is 12.6 Å². The van der Waals surface area contributed by atoms with Crippen LogP contribution < -0.4 is 5.73 Å². The maximum Gasteiger partial charge on any atom is 0.401 e. The highest BCUT2D eigenvalue weighted by molar-refractivity contribution is 5.30. The number of alkyl halides is 3. The van der Waals surface area contributed by atoms with E-state index in [0.717, 1.165) is 11.1 Å². The maximum absolute atomic E-state index is 12.7. The molecule has 0 spiro atoms. The molecular weight excluding hydrogens is 269 g/mol. The molecule has 3 nitrogen and oxygen atoms in total. The molecular formula is C14H21F3N2O. The van der Waals surface area contributed by atoms with Gasteiger partial charge in [0.1, 0.15) is 0 Å². The van der Waals surface area contributed by atoms with Gasteiger partial charge in [0.05, 0.1) is 19.2 Å². The fourth-order valence-corrected chi connectivity index (χ4v) is 2.41. The number of aryl methyl sites for hydroxylation is 1. The summed E-state index contributed by atoms with van der Waals surface area (Å²) in [5.41, 5.74) is 7.55. The Hall–Kier alpha value is -1.11. The van der Waals surface area contributed by atoms with Crippen molar-refractivity contribution in [3.63, 3.8) is 0 Å². The van der Waals surface area contributed by atoms with Crippen molar-refractivity contribution in [1.82, 2.24) is 4.90 Å². The Kier molecular flexibility index (Phi) is 5.98. The third-order valence-electron chi connectivity index (χ3n) is 3.17. The number of hydrogen-bond donors (Lipinski definition) is 2. The second kappa shape index (κ2) is 7.06. The van der Waals surface area contributed by atoms with Crippen molar-refractivity contribution in [2.45, 2.75) is 32.1 Å². The highest BCUT2D eigenvalue weighted by Gasteiger charge is 2.35. The molecule has 0 radical (unpaired) electrons. The molecule has 3 N–H and O–H groups in total. The van der Waals surface area contributed by atoms with E-state index in [1.54, 1.807) is 19.1 Å². The van der Waals surface area contributed by atoms with Crippen LogP contribution in [0.3, 0.4) is 0 Å². The summed E-state index contributed by atoms with van der Waals surface area (Å²) in [6, 6.07) is 6.18. The van der Waals surface area contributed by atoms with Crippen LogP contribution in [-0.4, -0.2) is 41.9 Å². The smallest absolute Gasteiger partial charge is 0.395 e. The average Bonchev–Trinajstić information content (AvgIpc) is 2.29. The Bertz CT molecular complexity index is 421. The van der Waals surface area contributed by atoms with Crippen LogP contribution in [0.4, 0.5) is 13.2 Å². The van der Waals surface area contributed by atoms with Gasteiger partial charge in [-0.25, -0.2) is 0 Å². The van der Waals surface area contributed by atoms with Gasteiger partial charge in [-0.3, -0.25) is 4.90 Å². The lowest BCUT2D eigenvalue weighted by Gasteiger charge is -2.35. The van der Waals surface area contributed by atoms with Gasteiger partial charge < -0.3 is 10.8 Å². The van der Waals surface area contributed by atoms with Gasteiger partial charge in [-0.15, -0.1) is 0 Å². The van der Waals surface area contributed by atoms with Crippen molar-refractivity contribution >= 4 is 0 Å². The summed E-state index contributed by atoms with van der Waals surface area (Å²) < 4.78 is 38.1. The van der Waals surface area contributed by atoms with E-state index in [1.807, 2.05) is 19.1 Å². The monoisotopic (exact) mass is 290 g/mol. The standard InChI is InChI=1S/C14H21F3N2O/c1-10-5-3-4-6-12(10)13(11(2)18)19(7-8-20)9-14(15,16)17/h3-6,11,13,20H,7-9,18H2,1-2H3. The minimum absolute atomic E-state index is 0.0694. The summed E-state index contributed by atoms with van der Waals surface area (Å²) in [6.07, 6.45) is -4.33. The normalized spacial score (nSPS) is 15.4. The Labute approximate surface area is 117 Å². The zero-order chi connectivity index (χ0) is 15.3. The van der Waals surface area contributed by atoms with Gasteiger partial charge in [0.2, 0.25) is 0 Å². The highest BCUT2D eigenvalue weighted by atomic mass is 19.4. The molecule has 1 aromatic carbocycles. The van der Waals surface area contributed by atoms with E-state index in [2.05, 4.69) is 0 Å². The van der Waals surface area contributed by atoms with Gasteiger partial charge in [-0.1, -0.05) is 24.3 Å². The van der Waals surface area contributed by atoms with Crippen molar-refractivity contribution in [2.75, 3.05) is 19.7 Å². The Morgan fingerprint density at radius 2 is 1.90 bits per heavy atom. The van der Waals surface area contributed by atoms with Crippen LogP contribution in [0.2, 0.25) is 0 Å². The predicted octanol–water partition coefficient (Wildman–Crippen LogP) is 2.24. The van der Waals surface area contributed by atoms with Crippen molar-refractivity contribution in [3.05, 3.63) is 35.4 Å². The van der Waals surface area contributed by atoms with E-state index in [4.69, 9.17) is 10.8 Å². The molecule has 0 saturated heterocycles. The number of nitrogens with two attached hydrogens (primary N) is 1. The molecule has 114 valence electrons. The largest absolute Gasteiger partial charge is 0.401 e. The van der Waals surface area contributed by atoms with E-state index in [1.165, 1.54) is 4.90 Å². The van der Waals surface area contributed by atoms with Crippen molar-refractivity contribution in [1.29, 1.82) is 0 Å². The third-order valence-corrected chi connectivity index (χ3v) is 3.17. The zero-order valence-corrected chi connectivity index (χ0v) is 11.7. The first-order valence-electron chi connectivity index (χ1n) is 6.49. The van der Waals surface area contributed by atoms with E-state index < -0.39 is 24.8 Å². The molecule has 2 unspecified atom stereocenters. The summed E-state index contributed by atoms with van der Waals surface area (Å²) >= 11 is 0. The van der Waals surface area contributed by atoms with Gasteiger partial charge in [0.25, 0.3) is 0 Å². The quantitative estimate of drug-likeness (QED) is 0.845. The van der Waals surface area contributed by atoms with Gasteiger partial charge in [-0.2, -0.15) is 13.2 Å². The fourth-order valence-electron chi connectivity index (χ4n) is 2.41. The summed E-state index contributed by atoms with van der Waals surface area (Å²) in [4.78, 5) is 1.19. The first kappa shape index (κ1) is 16.9. The van der Waals surface area contributed by atoms with Crippen LogP contribution in [0, 0.1) is 6.92 Å². The first-order chi connectivity index (χ1) is 9.26. The molecule has 0 amide bonds. The Morgan fingerprint density at radius 1 is 1.30 bits per heavy atom. The number of aliphatic hydroxyl groups is 1. The molecule has 0 saturated carbocycles. The van der Waals surface area contributed by atoms with Gasteiger partial charge in [0.15, 0.2) is 0 Å².